The molecule has 0 spiro atoms. The summed E-state index contributed by atoms with van der Waals surface area (Å²) in [5.74, 6) is -0.865. The second-order valence-corrected chi connectivity index (χ2v) is 12.2. The van der Waals surface area contributed by atoms with Gasteiger partial charge >= 0.3 is 12.0 Å². The average Bonchev–Trinajstić information content (AvgIpc) is 3.48. The quantitative estimate of drug-likeness (QED) is 0.144. The summed E-state index contributed by atoms with van der Waals surface area (Å²) in [7, 11) is 1.33. The van der Waals surface area contributed by atoms with Crippen LogP contribution in [0.3, 0.4) is 0 Å². The summed E-state index contributed by atoms with van der Waals surface area (Å²) in [6, 6.07) is -0.935. The van der Waals surface area contributed by atoms with Crippen LogP contribution in [0.4, 0.5) is 9.18 Å². The first kappa shape index (κ1) is 33.3. The summed E-state index contributed by atoms with van der Waals surface area (Å²) < 4.78 is 25.5. The largest absolute Gasteiger partial charge is 0.481 e. The third kappa shape index (κ3) is 9.98. The van der Waals surface area contributed by atoms with Gasteiger partial charge in [0, 0.05) is 49.5 Å². The molecule has 2 aliphatic carbocycles. The molecule has 2 amide bonds. The highest BCUT2D eigenvalue weighted by Gasteiger charge is 2.37. The molecular formula is C30H48FN5O7. The zero-order chi connectivity index (χ0) is 30.9. The molecule has 8 N–H and O–H groups in total. The number of nitrogens with one attached hydrogen (secondary N) is 5. The van der Waals surface area contributed by atoms with Gasteiger partial charge in [-0.2, -0.15) is 0 Å². The fourth-order valence-electron chi connectivity index (χ4n) is 6.30. The maximum absolute atomic E-state index is 14.1. The fraction of sp³-hybridized carbons (Fsp3) is 0.733. The van der Waals surface area contributed by atoms with E-state index in [1.807, 2.05) is 25.3 Å². The molecule has 13 heteroatoms. The molecule has 1 fully saturated rings. The Kier molecular flexibility index (Phi) is 12.4. The minimum atomic E-state index is -1.23. The van der Waals surface area contributed by atoms with Gasteiger partial charge in [0.2, 0.25) is 0 Å². The van der Waals surface area contributed by atoms with Crippen LogP contribution in [0.25, 0.3) is 0 Å². The van der Waals surface area contributed by atoms with Gasteiger partial charge in [-0.05, 0) is 69.6 Å². The summed E-state index contributed by atoms with van der Waals surface area (Å²) in [6.45, 7) is 2.58. The van der Waals surface area contributed by atoms with Gasteiger partial charge in [0.1, 0.15) is 12.4 Å². The Bertz CT molecular complexity index is 1040. The molecule has 0 aromatic heterocycles. The minimum Gasteiger partial charge on any atom is -0.481 e. The number of rotatable bonds is 13. The van der Waals surface area contributed by atoms with Crippen LogP contribution >= 0.6 is 0 Å². The molecule has 43 heavy (non-hydrogen) atoms. The number of hydrogen-bond donors (Lipinski definition) is 8. The SMILES string of the molecule is COC(O)[C@H](CCC(=O)O)NC(O)C1CNC(C2CC(O[C@@H]3CC=C(NC(=O)NC4=C[C@H](C)CC[C@@H]4F)CC3)C=CN2)C1. The molecular weight excluding hydrogens is 561 g/mol. The molecule has 0 bridgehead atoms. The molecule has 0 radical (unpaired) electrons. The van der Waals surface area contributed by atoms with E-state index in [0.29, 0.717) is 37.9 Å². The summed E-state index contributed by atoms with van der Waals surface area (Å²) in [5.41, 5.74) is 1.16. The topological polar surface area (TPSA) is 173 Å². The summed E-state index contributed by atoms with van der Waals surface area (Å²) >= 11 is 0. The number of aliphatic hydroxyl groups is 2. The van der Waals surface area contributed by atoms with Crippen molar-refractivity contribution in [1.82, 2.24) is 26.6 Å². The zero-order valence-electron chi connectivity index (χ0n) is 25.0. The predicted octanol–water partition coefficient (Wildman–Crippen LogP) is 1.72. The lowest BCUT2D eigenvalue weighted by atomic mass is 9.93. The summed E-state index contributed by atoms with van der Waals surface area (Å²) in [5, 5.41) is 45.3. The number of aliphatic carboxylic acids is 1. The van der Waals surface area contributed by atoms with Crippen LogP contribution < -0.4 is 26.6 Å². The predicted molar refractivity (Wildman–Crippen MR) is 157 cm³/mol. The number of carboxylic acids is 1. The Morgan fingerprint density at radius 2 is 1.98 bits per heavy atom. The highest BCUT2D eigenvalue weighted by Crippen LogP contribution is 2.27. The van der Waals surface area contributed by atoms with Crippen molar-refractivity contribution in [2.75, 3.05) is 13.7 Å². The zero-order valence-corrected chi connectivity index (χ0v) is 25.0. The Labute approximate surface area is 252 Å². The lowest BCUT2D eigenvalue weighted by Gasteiger charge is -2.34. The molecule has 2 aliphatic heterocycles. The number of carboxylic acid groups (broad SMARTS) is 1. The van der Waals surface area contributed by atoms with Gasteiger partial charge in [-0.25, -0.2) is 9.18 Å². The second kappa shape index (κ2) is 16.0. The monoisotopic (exact) mass is 609 g/mol. The Balaban J connectivity index is 1.20. The Morgan fingerprint density at radius 3 is 2.70 bits per heavy atom. The van der Waals surface area contributed by atoms with Crippen molar-refractivity contribution in [1.29, 1.82) is 0 Å². The van der Waals surface area contributed by atoms with Gasteiger partial charge in [-0.1, -0.05) is 19.1 Å². The lowest BCUT2D eigenvalue weighted by Crippen LogP contribution is -2.49. The van der Waals surface area contributed by atoms with Crippen molar-refractivity contribution in [2.24, 2.45) is 11.8 Å². The van der Waals surface area contributed by atoms with Crippen molar-refractivity contribution in [3.8, 4) is 0 Å². The number of carbonyl (C=O) groups excluding carboxylic acids is 1. The summed E-state index contributed by atoms with van der Waals surface area (Å²) in [4.78, 5) is 23.4. The second-order valence-electron chi connectivity index (χ2n) is 12.2. The van der Waals surface area contributed by atoms with Crippen molar-refractivity contribution < 1.29 is 38.8 Å². The van der Waals surface area contributed by atoms with E-state index in [-0.39, 0.29) is 49.0 Å². The molecule has 4 rings (SSSR count). The number of allylic oxidation sites excluding steroid dienone is 3. The average molecular weight is 610 g/mol. The van der Waals surface area contributed by atoms with Crippen LogP contribution in [0.5, 0.6) is 0 Å². The number of alkyl halides is 1. The van der Waals surface area contributed by atoms with Crippen LogP contribution in [0.15, 0.2) is 35.8 Å². The van der Waals surface area contributed by atoms with E-state index in [1.165, 1.54) is 7.11 Å². The third-order valence-electron chi connectivity index (χ3n) is 8.82. The van der Waals surface area contributed by atoms with E-state index >= 15 is 0 Å². The number of hydrogen-bond acceptors (Lipinski definition) is 9. The highest BCUT2D eigenvalue weighted by atomic mass is 19.1. The minimum absolute atomic E-state index is 0.0180. The number of aliphatic hydroxyl groups excluding tert-OH is 2. The maximum Gasteiger partial charge on any atom is 0.323 e. The Hall–Kier alpha value is -2.55. The summed E-state index contributed by atoms with van der Waals surface area (Å²) in [6.07, 6.45) is 9.03. The van der Waals surface area contributed by atoms with Crippen LogP contribution in [0.1, 0.15) is 64.7 Å². The standard InChI is InChI=1S/C30H48FN5O7/c1-17-3-8-22(31)24(13-17)36-30(41)34-19-4-6-20(7-5-19)43-21-11-12-32-26(15-21)25-14-18(16-33-25)28(39)35-23(29(40)42-2)9-10-27(37)38/h4,11-13,17-18,20-23,25-26,28-29,32-33,35,39-40H,3,5-10,14-16H2,1-2H3,(H,37,38)(H2,34,36,41)/t17-,18?,20-,21?,22+,23+,25?,26?,28?,29?/m1/s1. The van der Waals surface area contributed by atoms with E-state index in [1.54, 1.807) is 6.08 Å². The van der Waals surface area contributed by atoms with Crippen LogP contribution in [-0.2, 0) is 14.3 Å². The van der Waals surface area contributed by atoms with Gasteiger partial charge in [-0.15, -0.1) is 0 Å². The molecule has 10 atom stereocenters. The van der Waals surface area contributed by atoms with Gasteiger partial charge in [0.05, 0.1) is 18.2 Å². The number of ether oxygens (including phenoxy) is 2. The molecule has 12 nitrogen and oxygen atoms in total. The highest BCUT2D eigenvalue weighted by molar-refractivity contribution is 5.77. The molecule has 0 saturated carbocycles. The van der Waals surface area contributed by atoms with E-state index in [0.717, 1.165) is 25.0 Å². The lowest BCUT2D eigenvalue weighted by molar-refractivity contribution is -0.139. The van der Waals surface area contributed by atoms with Crippen molar-refractivity contribution in [3.63, 3.8) is 0 Å². The van der Waals surface area contributed by atoms with Crippen LogP contribution in [-0.4, -0.2) is 90.0 Å². The van der Waals surface area contributed by atoms with Crippen LogP contribution in [0, 0.1) is 11.8 Å². The molecule has 1 saturated heterocycles. The van der Waals surface area contributed by atoms with Gasteiger partial charge in [-0.3, -0.25) is 10.1 Å². The van der Waals surface area contributed by atoms with Gasteiger partial charge in [0.25, 0.3) is 0 Å². The molecule has 0 aromatic rings. The number of halogens is 1. The van der Waals surface area contributed by atoms with Gasteiger partial charge < -0.3 is 46.1 Å². The van der Waals surface area contributed by atoms with E-state index in [4.69, 9.17) is 14.6 Å². The molecule has 242 valence electrons. The first-order valence-corrected chi connectivity index (χ1v) is 15.4. The first-order chi connectivity index (χ1) is 20.6. The molecule has 4 aliphatic rings. The van der Waals surface area contributed by atoms with Gasteiger partial charge in [0.15, 0.2) is 6.29 Å². The molecule has 0 aromatic carbocycles. The third-order valence-corrected chi connectivity index (χ3v) is 8.82. The number of carbonyl (C=O) groups is 2. The Morgan fingerprint density at radius 1 is 1.16 bits per heavy atom. The van der Waals surface area contributed by atoms with E-state index in [2.05, 4.69) is 26.6 Å². The van der Waals surface area contributed by atoms with Crippen molar-refractivity contribution in [3.05, 3.63) is 35.8 Å². The first-order valence-electron chi connectivity index (χ1n) is 15.4. The fourth-order valence-corrected chi connectivity index (χ4v) is 6.30. The van der Waals surface area contributed by atoms with Crippen molar-refractivity contribution in [2.45, 2.75) is 114 Å². The molecule has 6 unspecified atom stereocenters. The molecule has 2 heterocycles. The number of amides is 2. The van der Waals surface area contributed by atoms with E-state index < -0.39 is 36.7 Å². The normalized spacial score (nSPS) is 33.0. The van der Waals surface area contributed by atoms with Crippen molar-refractivity contribution >= 4 is 12.0 Å². The smallest absolute Gasteiger partial charge is 0.323 e. The van der Waals surface area contributed by atoms with E-state index in [9.17, 15) is 24.2 Å². The number of urea groups is 1. The maximum atomic E-state index is 14.1. The number of methoxy groups -OCH3 is 1. The van der Waals surface area contributed by atoms with Crippen LogP contribution in [0.2, 0.25) is 0 Å².